The van der Waals surface area contributed by atoms with Gasteiger partial charge in [-0.15, -0.1) is 0 Å². The van der Waals surface area contributed by atoms with Gasteiger partial charge in [-0.1, -0.05) is 24.3 Å². The number of carboxylic acid groups (broad SMARTS) is 2. The summed E-state index contributed by atoms with van der Waals surface area (Å²) in [4.78, 5) is 20.6. The lowest BCUT2D eigenvalue weighted by molar-refractivity contribution is -0.137. The number of rotatable bonds is 6. The maximum Gasteiger partial charge on any atom is 0.307 e. The minimum atomic E-state index is -0.830. The van der Waals surface area contributed by atoms with E-state index in [0.717, 1.165) is 16.9 Å². The number of hydrogen-bond acceptors (Lipinski definition) is 4. The Morgan fingerprint density at radius 3 is 1.83 bits per heavy atom. The molecule has 0 aromatic heterocycles. The molecule has 6 nitrogen and oxygen atoms in total. The van der Waals surface area contributed by atoms with Gasteiger partial charge in [0.05, 0.1) is 27.1 Å². The van der Waals surface area contributed by atoms with E-state index in [0.29, 0.717) is 5.75 Å². The molecule has 0 aliphatic carbocycles. The number of carboxylic acids is 2. The molecule has 0 heterocycles. The molecule has 0 aliphatic rings. The van der Waals surface area contributed by atoms with Crippen molar-refractivity contribution in [3.63, 3.8) is 0 Å². The largest absolute Gasteiger partial charge is 0.497 e. The van der Waals surface area contributed by atoms with Crippen LogP contribution in [-0.2, 0) is 22.4 Å². The molecule has 0 saturated carbocycles. The number of hydrogen-bond donors (Lipinski definition) is 2. The van der Waals surface area contributed by atoms with Gasteiger partial charge in [-0.3, -0.25) is 9.59 Å². The van der Waals surface area contributed by atoms with Crippen LogP contribution in [0.15, 0.2) is 48.5 Å². The molecule has 2 N–H and O–H groups in total. The fourth-order valence-electron chi connectivity index (χ4n) is 1.88. The summed E-state index contributed by atoms with van der Waals surface area (Å²) in [6.45, 7) is 0. The van der Waals surface area contributed by atoms with Crippen LogP contribution < -0.4 is 9.47 Å². The highest BCUT2D eigenvalue weighted by Gasteiger charge is 2.00. The molecule has 2 aromatic carbocycles. The topological polar surface area (TPSA) is 93.1 Å². The van der Waals surface area contributed by atoms with E-state index in [-0.39, 0.29) is 12.8 Å². The van der Waals surface area contributed by atoms with Gasteiger partial charge < -0.3 is 19.7 Å². The van der Waals surface area contributed by atoms with Gasteiger partial charge >= 0.3 is 11.9 Å². The standard InChI is InChI=1S/2C9H10O3/c1-12-8-4-2-7(3-5-8)6-9(10)11;1-12-8-4-2-3-7(5-8)6-9(10)11/h2*2-5H,6H2,1H3,(H,10,11). The van der Waals surface area contributed by atoms with Crippen LogP contribution in [0.3, 0.4) is 0 Å². The van der Waals surface area contributed by atoms with Gasteiger partial charge in [0, 0.05) is 0 Å². The average molecular weight is 332 g/mol. The number of methoxy groups -OCH3 is 2. The Bertz CT molecular complexity index is 663. The Kier molecular flexibility index (Phi) is 7.84. The molecule has 0 saturated heterocycles. The maximum absolute atomic E-state index is 10.3. The van der Waals surface area contributed by atoms with Gasteiger partial charge in [-0.2, -0.15) is 0 Å². The minimum Gasteiger partial charge on any atom is -0.497 e. The lowest BCUT2D eigenvalue weighted by Gasteiger charge is -2.00. The van der Waals surface area contributed by atoms with E-state index >= 15 is 0 Å². The Morgan fingerprint density at radius 1 is 0.792 bits per heavy atom. The smallest absolute Gasteiger partial charge is 0.307 e. The number of aliphatic carboxylic acids is 2. The summed E-state index contributed by atoms with van der Waals surface area (Å²) in [6.07, 6.45) is 0.0984. The number of benzene rings is 2. The lowest BCUT2D eigenvalue weighted by Crippen LogP contribution is -1.99. The van der Waals surface area contributed by atoms with Crippen LogP contribution in [0.1, 0.15) is 11.1 Å². The van der Waals surface area contributed by atoms with Gasteiger partial charge in [-0.25, -0.2) is 0 Å². The minimum absolute atomic E-state index is 0.0389. The van der Waals surface area contributed by atoms with E-state index < -0.39 is 11.9 Å². The predicted molar refractivity (Wildman–Crippen MR) is 88.7 cm³/mol. The Labute approximate surface area is 140 Å². The van der Waals surface area contributed by atoms with E-state index in [4.69, 9.17) is 19.7 Å². The van der Waals surface area contributed by atoms with Gasteiger partial charge in [0.15, 0.2) is 0 Å². The van der Waals surface area contributed by atoms with E-state index in [1.165, 1.54) is 0 Å². The first-order valence-electron chi connectivity index (χ1n) is 7.14. The molecule has 0 amide bonds. The molecule has 0 aliphatic heterocycles. The normalized spacial score (nSPS) is 9.42. The zero-order valence-corrected chi connectivity index (χ0v) is 13.6. The number of ether oxygens (including phenoxy) is 2. The van der Waals surface area contributed by atoms with Crippen LogP contribution in [0, 0.1) is 0 Å². The SMILES string of the molecule is COc1ccc(CC(=O)O)cc1.COc1cccc(CC(=O)O)c1. The molecule has 0 radical (unpaired) electrons. The van der Waals surface area contributed by atoms with Crippen molar-refractivity contribution in [3.05, 3.63) is 59.7 Å². The van der Waals surface area contributed by atoms with Crippen LogP contribution >= 0.6 is 0 Å². The van der Waals surface area contributed by atoms with Gasteiger partial charge in [0.2, 0.25) is 0 Å². The molecule has 0 bridgehead atoms. The van der Waals surface area contributed by atoms with Crippen molar-refractivity contribution in [1.82, 2.24) is 0 Å². The second kappa shape index (κ2) is 9.89. The van der Waals surface area contributed by atoms with Crippen molar-refractivity contribution in [2.24, 2.45) is 0 Å². The first-order valence-corrected chi connectivity index (χ1v) is 7.14. The molecule has 2 aromatic rings. The van der Waals surface area contributed by atoms with Crippen LogP contribution in [-0.4, -0.2) is 36.4 Å². The van der Waals surface area contributed by atoms with Crippen molar-refractivity contribution >= 4 is 11.9 Å². The van der Waals surface area contributed by atoms with E-state index in [9.17, 15) is 9.59 Å². The fourth-order valence-corrected chi connectivity index (χ4v) is 1.88. The first-order chi connectivity index (χ1) is 11.4. The molecular formula is C18H20O6. The molecule has 24 heavy (non-hydrogen) atoms. The first kappa shape index (κ1) is 19.0. The van der Waals surface area contributed by atoms with Gasteiger partial charge in [-0.05, 0) is 35.4 Å². The summed E-state index contributed by atoms with van der Waals surface area (Å²) in [5.41, 5.74) is 1.53. The summed E-state index contributed by atoms with van der Waals surface area (Å²) in [7, 11) is 3.13. The van der Waals surface area contributed by atoms with Crippen molar-refractivity contribution in [2.75, 3.05) is 14.2 Å². The predicted octanol–water partition coefficient (Wildman–Crippen LogP) is 2.64. The van der Waals surface area contributed by atoms with Crippen molar-refractivity contribution in [1.29, 1.82) is 0 Å². The van der Waals surface area contributed by atoms with Gasteiger partial charge in [0.25, 0.3) is 0 Å². The highest BCUT2D eigenvalue weighted by molar-refractivity contribution is 5.70. The third-order valence-corrected chi connectivity index (χ3v) is 3.00. The summed E-state index contributed by atoms with van der Waals surface area (Å²) in [6, 6.07) is 14.0. The lowest BCUT2D eigenvalue weighted by atomic mass is 10.1. The highest BCUT2D eigenvalue weighted by atomic mass is 16.5. The molecule has 0 spiro atoms. The quantitative estimate of drug-likeness (QED) is 0.845. The Morgan fingerprint density at radius 2 is 1.33 bits per heavy atom. The fraction of sp³-hybridized carbons (Fsp3) is 0.222. The molecule has 6 heteroatoms. The average Bonchev–Trinajstić information content (AvgIpc) is 2.55. The van der Waals surface area contributed by atoms with Crippen LogP contribution in [0.4, 0.5) is 0 Å². The second-order valence-electron chi connectivity index (χ2n) is 4.84. The summed E-state index contributed by atoms with van der Waals surface area (Å²) < 4.78 is 9.87. The summed E-state index contributed by atoms with van der Waals surface area (Å²) in [5.74, 6) is -0.221. The monoisotopic (exact) mass is 332 g/mol. The van der Waals surface area contributed by atoms with Gasteiger partial charge in [0.1, 0.15) is 11.5 Å². The maximum atomic E-state index is 10.3. The third kappa shape index (κ3) is 7.31. The van der Waals surface area contributed by atoms with E-state index in [2.05, 4.69) is 0 Å². The third-order valence-electron chi connectivity index (χ3n) is 3.00. The molecule has 0 fully saturated rings. The molecule has 0 atom stereocenters. The summed E-state index contributed by atoms with van der Waals surface area (Å²) >= 11 is 0. The van der Waals surface area contributed by atoms with Crippen LogP contribution in [0.2, 0.25) is 0 Å². The van der Waals surface area contributed by atoms with E-state index in [1.54, 1.807) is 62.8 Å². The zero-order valence-electron chi connectivity index (χ0n) is 13.6. The number of carbonyl (C=O) groups is 2. The molecule has 2 rings (SSSR count). The summed E-state index contributed by atoms with van der Waals surface area (Å²) in [5, 5.41) is 17.0. The van der Waals surface area contributed by atoms with Crippen molar-refractivity contribution in [3.8, 4) is 11.5 Å². The molecule has 128 valence electrons. The van der Waals surface area contributed by atoms with Crippen LogP contribution in [0.25, 0.3) is 0 Å². The molecular weight excluding hydrogens is 312 g/mol. The molecule has 0 unspecified atom stereocenters. The zero-order chi connectivity index (χ0) is 17.9. The van der Waals surface area contributed by atoms with Crippen molar-refractivity contribution < 1.29 is 29.3 Å². The second-order valence-corrected chi connectivity index (χ2v) is 4.84. The highest BCUT2D eigenvalue weighted by Crippen LogP contribution is 2.13. The van der Waals surface area contributed by atoms with Crippen molar-refractivity contribution in [2.45, 2.75) is 12.8 Å². The Balaban J connectivity index is 0.000000240. The van der Waals surface area contributed by atoms with E-state index in [1.807, 2.05) is 0 Å². The Hall–Kier alpha value is -3.02. The van der Waals surface area contributed by atoms with Crippen LogP contribution in [0.5, 0.6) is 11.5 Å².